The summed E-state index contributed by atoms with van der Waals surface area (Å²) in [5.74, 6) is -1.79. The van der Waals surface area contributed by atoms with E-state index in [1.807, 2.05) is 4.90 Å². The number of benzene rings is 2. The molecule has 2 aromatic carbocycles. The minimum Gasteiger partial charge on any atom is -0.364 e. The quantitative estimate of drug-likeness (QED) is 0.443. The van der Waals surface area contributed by atoms with Crippen LogP contribution < -0.4 is 9.62 Å². The molecule has 10 heteroatoms. The Morgan fingerprint density at radius 2 is 1.91 bits per heavy atom. The van der Waals surface area contributed by atoms with Crippen molar-refractivity contribution in [1.29, 1.82) is 0 Å². The summed E-state index contributed by atoms with van der Waals surface area (Å²) in [7, 11) is -4.09. The molecule has 0 spiro atoms. The number of carbonyl (C=O) groups excluding carboxylic acids is 1. The molecule has 1 N–H and O–H groups in total. The molecular formula is C25H22F2N4O3S. The Kier molecular flexibility index (Phi) is 5.76. The predicted molar refractivity (Wildman–Crippen MR) is 127 cm³/mol. The van der Waals surface area contributed by atoms with E-state index in [0.29, 0.717) is 29.7 Å². The van der Waals surface area contributed by atoms with Gasteiger partial charge >= 0.3 is 0 Å². The van der Waals surface area contributed by atoms with Gasteiger partial charge in [-0.25, -0.2) is 26.4 Å². The molecule has 5 rings (SSSR count). The van der Waals surface area contributed by atoms with Gasteiger partial charge in [-0.2, -0.15) is 5.10 Å². The second-order valence-electron chi connectivity index (χ2n) is 8.49. The van der Waals surface area contributed by atoms with Crippen molar-refractivity contribution in [2.45, 2.75) is 30.7 Å². The fourth-order valence-corrected chi connectivity index (χ4v) is 5.80. The van der Waals surface area contributed by atoms with Gasteiger partial charge in [0.1, 0.15) is 11.6 Å². The molecule has 0 bridgehead atoms. The van der Waals surface area contributed by atoms with E-state index in [-0.39, 0.29) is 22.1 Å². The second kappa shape index (κ2) is 8.77. The summed E-state index contributed by atoms with van der Waals surface area (Å²) in [6.07, 6.45) is 4.38. The number of pyridine rings is 1. The Balaban J connectivity index is 1.48. The van der Waals surface area contributed by atoms with Crippen LogP contribution in [0.5, 0.6) is 0 Å². The number of hydrogen-bond acceptors (Lipinski definition) is 5. The van der Waals surface area contributed by atoms with Crippen LogP contribution in [0.2, 0.25) is 0 Å². The van der Waals surface area contributed by atoms with Crippen molar-refractivity contribution >= 4 is 27.1 Å². The van der Waals surface area contributed by atoms with Crippen LogP contribution >= 0.6 is 0 Å². The van der Waals surface area contributed by atoms with Gasteiger partial charge in [0.15, 0.2) is 0 Å². The number of nitrogens with zero attached hydrogens (tertiary/aromatic N) is 3. The molecule has 1 amide bonds. The monoisotopic (exact) mass is 496 g/mol. The fraction of sp³-hybridized carbons (Fsp3) is 0.200. The average Bonchev–Trinajstić information content (AvgIpc) is 3.47. The van der Waals surface area contributed by atoms with Gasteiger partial charge < -0.3 is 4.90 Å². The van der Waals surface area contributed by atoms with E-state index >= 15 is 0 Å². The molecule has 1 aliphatic heterocycles. The lowest BCUT2D eigenvalue weighted by Gasteiger charge is -2.27. The minimum absolute atomic E-state index is 0.0162. The molecule has 1 fully saturated rings. The summed E-state index contributed by atoms with van der Waals surface area (Å²) in [5.41, 5.74) is 1.96. The summed E-state index contributed by atoms with van der Waals surface area (Å²) in [4.78, 5) is 14.9. The number of fused-ring (bicyclic) bond motifs is 1. The number of sulfonamides is 1. The van der Waals surface area contributed by atoms with Crippen molar-refractivity contribution in [2.75, 3.05) is 11.4 Å². The Labute approximate surface area is 201 Å². The minimum atomic E-state index is -4.09. The van der Waals surface area contributed by atoms with Crippen LogP contribution in [0.4, 0.5) is 14.5 Å². The number of carbonyl (C=O) groups is 1. The Morgan fingerprint density at radius 1 is 1.11 bits per heavy atom. The molecule has 0 saturated carbocycles. The van der Waals surface area contributed by atoms with Gasteiger partial charge in [0.05, 0.1) is 28.2 Å². The zero-order valence-electron chi connectivity index (χ0n) is 18.8. The number of aryl methyl sites for hydroxylation is 1. The lowest BCUT2D eigenvalue weighted by molar-refractivity contribution is 0.0983. The number of halogens is 2. The van der Waals surface area contributed by atoms with Crippen molar-refractivity contribution in [3.8, 4) is 0 Å². The van der Waals surface area contributed by atoms with Gasteiger partial charge in [0, 0.05) is 24.0 Å². The third kappa shape index (κ3) is 4.25. The third-order valence-electron chi connectivity index (χ3n) is 6.26. The zero-order valence-corrected chi connectivity index (χ0v) is 19.6. The first kappa shape index (κ1) is 23.0. The molecule has 3 heterocycles. The van der Waals surface area contributed by atoms with Crippen molar-refractivity contribution in [1.82, 2.24) is 14.3 Å². The fourth-order valence-electron chi connectivity index (χ4n) is 4.58. The Hall–Kier alpha value is -3.79. The Bertz CT molecular complexity index is 1550. The highest BCUT2D eigenvalue weighted by Crippen LogP contribution is 2.38. The van der Waals surface area contributed by atoms with E-state index in [9.17, 15) is 22.0 Å². The molecule has 1 saturated heterocycles. The summed E-state index contributed by atoms with van der Waals surface area (Å²) in [6, 6.07) is 12.9. The lowest BCUT2D eigenvalue weighted by Crippen LogP contribution is -2.31. The summed E-state index contributed by atoms with van der Waals surface area (Å²) >= 11 is 0. The second-order valence-corrected chi connectivity index (χ2v) is 10.1. The molecule has 4 aromatic rings. The normalized spacial score (nSPS) is 16.1. The average molecular weight is 497 g/mol. The molecule has 2 aromatic heterocycles. The van der Waals surface area contributed by atoms with Gasteiger partial charge in [0.25, 0.3) is 15.9 Å². The number of rotatable bonds is 5. The maximum atomic E-state index is 14.5. The first-order chi connectivity index (χ1) is 16.7. The smallest absolute Gasteiger partial charge is 0.268 e. The van der Waals surface area contributed by atoms with Gasteiger partial charge in [-0.15, -0.1) is 0 Å². The van der Waals surface area contributed by atoms with Crippen molar-refractivity contribution < 1.29 is 22.0 Å². The lowest BCUT2D eigenvalue weighted by atomic mass is 10.0. The van der Waals surface area contributed by atoms with Crippen LogP contribution in [0.3, 0.4) is 0 Å². The topological polar surface area (TPSA) is 83.8 Å². The highest BCUT2D eigenvalue weighted by Gasteiger charge is 2.30. The number of anilines is 1. The van der Waals surface area contributed by atoms with Gasteiger partial charge in [0.2, 0.25) is 0 Å². The van der Waals surface area contributed by atoms with Crippen molar-refractivity contribution in [3.05, 3.63) is 95.3 Å². The highest BCUT2D eigenvalue weighted by atomic mass is 32.2. The molecule has 1 aliphatic rings. The van der Waals surface area contributed by atoms with Crippen LogP contribution in [-0.2, 0) is 10.0 Å². The maximum absolute atomic E-state index is 14.5. The van der Waals surface area contributed by atoms with Crippen molar-refractivity contribution in [2.24, 2.45) is 0 Å². The first-order valence-electron chi connectivity index (χ1n) is 11.1. The van der Waals surface area contributed by atoms with E-state index in [2.05, 4.69) is 9.82 Å². The van der Waals surface area contributed by atoms with Crippen LogP contribution in [0.25, 0.3) is 5.52 Å². The van der Waals surface area contributed by atoms with E-state index in [1.54, 1.807) is 43.5 Å². The van der Waals surface area contributed by atoms with Crippen LogP contribution in [-0.4, -0.2) is 30.5 Å². The van der Waals surface area contributed by atoms with E-state index in [0.717, 1.165) is 18.6 Å². The van der Waals surface area contributed by atoms with Gasteiger partial charge in [-0.05, 0) is 61.7 Å². The first-order valence-corrected chi connectivity index (χ1v) is 12.5. The highest BCUT2D eigenvalue weighted by molar-refractivity contribution is 7.90. The number of hydrogen-bond donors (Lipinski definition) is 1. The molecular weight excluding hydrogens is 474 g/mol. The van der Waals surface area contributed by atoms with E-state index < -0.39 is 27.6 Å². The predicted octanol–water partition coefficient (Wildman–Crippen LogP) is 4.38. The largest absolute Gasteiger partial charge is 0.364 e. The van der Waals surface area contributed by atoms with E-state index in [4.69, 9.17) is 0 Å². The Morgan fingerprint density at radius 3 is 2.71 bits per heavy atom. The number of amides is 1. The molecule has 35 heavy (non-hydrogen) atoms. The number of nitrogens with one attached hydrogen (secondary N) is 1. The van der Waals surface area contributed by atoms with E-state index in [1.165, 1.54) is 22.8 Å². The van der Waals surface area contributed by atoms with Crippen LogP contribution in [0.15, 0.2) is 71.9 Å². The van der Waals surface area contributed by atoms with Crippen molar-refractivity contribution in [3.63, 3.8) is 0 Å². The van der Waals surface area contributed by atoms with Crippen LogP contribution in [0, 0.1) is 18.6 Å². The summed E-state index contributed by atoms with van der Waals surface area (Å²) in [5, 5.41) is 4.16. The molecule has 0 aliphatic carbocycles. The molecule has 1 atom stereocenters. The standard InChI is InChI=1S/C25H22F2N4O3S/c1-16-5-2-3-7-24(16)35(33,34)29-25(32)20-15-28-31-12-10-18(14-23(20)31)30-11-4-6-22(30)19-13-17(26)8-9-21(19)27/h2-3,5,7-10,12-15,22H,4,6,11H2,1H3,(H,29,32). The number of aromatic nitrogens is 2. The SMILES string of the molecule is Cc1ccccc1S(=O)(=O)NC(=O)c1cnn2ccc(N3CCCC3c3cc(F)ccc3F)cc12. The molecule has 7 nitrogen and oxygen atoms in total. The molecule has 0 radical (unpaired) electrons. The third-order valence-corrected chi connectivity index (χ3v) is 7.75. The van der Waals surface area contributed by atoms with Gasteiger partial charge in [-0.1, -0.05) is 18.2 Å². The maximum Gasteiger partial charge on any atom is 0.268 e. The van der Waals surface area contributed by atoms with Gasteiger partial charge in [-0.3, -0.25) is 4.79 Å². The van der Waals surface area contributed by atoms with Crippen LogP contribution in [0.1, 0.15) is 40.4 Å². The molecule has 1 unspecified atom stereocenters. The molecule has 180 valence electrons. The summed E-state index contributed by atoms with van der Waals surface area (Å²) in [6.45, 7) is 2.27. The zero-order chi connectivity index (χ0) is 24.7. The summed E-state index contributed by atoms with van der Waals surface area (Å²) < 4.78 is 57.5.